The first-order valence-electron chi connectivity index (χ1n) is 9.36. The number of rotatable bonds is 4. The Kier molecular flexibility index (Phi) is 5.79. The molecule has 0 aromatic heterocycles. The summed E-state index contributed by atoms with van der Waals surface area (Å²) >= 11 is 6.01. The number of nitrogens with zero attached hydrogens (tertiary/aromatic N) is 1. The third kappa shape index (κ3) is 4.32. The van der Waals surface area contributed by atoms with Crippen LogP contribution in [-0.2, 0) is 27.8 Å². The van der Waals surface area contributed by atoms with Gasteiger partial charge in [0.25, 0.3) is 0 Å². The number of nitrogens with one attached hydrogen (secondary N) is 1. The predicted molar refractivity (Wildman–Crippen MR) is 113 cm³/mol. The quantitative estimate of drug-likeness (QED) is 0.626. The molecule has 0 aliphatic carbocycles. The topological polar surface area (TPSA) is 66.5 Å². The van der Waals surface area contributed by atoms with Crippen molar-refractivity contribution in [2.24, 2.45) is 0 Å². The Balaban J connectivity index is 1.72. The van der Waals surface area contributed by atoms with E-state index >= 15 is 0 Å². The maximum absolute atomic E-state index is 13.3. The van der Waals surface area contributed by atoms with Gasteiger partial charge in [-0.1, -0.05) is 35.9 Å². The lowest BCUT2D eigenvalue weighted by Gasteiger charge is -2.35. The van der Waals surface area contributed by atoms with Crippen molar-refractivity contribution in [3.63, 3.8) is 0 Å². The molecule has 1 N–H and O–H groups in total. The van der Waals surface area contributed by atoms with Crippen LogP contribution in [0.25, 0.3) is 0 Å². The molecule has 1 aliphatic heterocycles. The number of benzene rings is 3. The second kappa shape index (κ2) is 8.37. The second-order valence-electron chi connectivity index (χ2n) is 7.11. The summed E-state index contributed by atoms with van der Waals surface area (Å²) in [7, 11) is -4.11. The molecule has 31 heavy (non-hydrogen) atoms. The van der Waals surface area contributed by atoms with Crippen LogP contribution in [0.4, 0.5) is 14.5 Å². The van der Waals surface area contributed by atoms with E-state index in [1.54, 1.807) is 12.1 Å². The van der Waals surface area contributed by atoms with Crippen LogP contribution in [0.3, 0.4) is 0 Å². The maximum atomic E-state index is 13.3. The third-order valence-corrected chi connectivity index (χ3v) is 7.30. The zero-order valence-corrected chi connectivity index (χ0v) is 17.6. The summed E-state index contributed by atoms with van der Waals surface area (Å²) in [5, 5.41) is 2.59. The molecule has 160 valence electrons. The van der Waals surface area contributed by atoms with Crippen LogP contribution in [0, 0.1) is 11.6 Å². The fourth-order valence-corrected chi connectivity index (χ4v) is 5.30. The molecular weight excluding hydrogens is 446 g/mol. The lowest BCUT2D eigenvalue weighted by molar-refractivity contribution is -0.120. The van der Waals surface area contributed by atoms with Crippen molar-refractivity contribution in [1.82, 2.24) is 4.31 Å². The Labute approximate surface area is 183 Å². The molecule has 4 rings (SSSR count). The first-order valence-corrected chi connectivity index (χ1v) is 11.2. The van der Waals surface area contributed by atoms with Gasteiger partial charge in [-0.15, -0.1) is 0 Å². The Morgan fingerprint density at radius 2 is 1.61 bits per heavy atom. The van der Waals surface area contributed by atoms with Crippen molar-refractivity contribution in [3.05, 3.63) is 94.5 Å². The van der Waals surface area contributed by atoms with Crippen molar-refractivity contribution < 1.29 is 22.0 Å². The number of sulfonamides is 1. The van der Waals surface area contributed by atoms with Crippen LogP contribution in [-0.4, -0.2) is 24.7 Å². The summed E-state index contributed by atoms with van der Waals surface area (Å²) < 4.78 is 54.4. The van der Waals surface area contributed by atoms with Crippen LogP contribution in [0.15, 0.2) is 71.6 Å². The monoisotopic (exact) mass is 462 g/mol. The zero-order valence-electron chi connectivity index (χ0n) is 16.1. The zero-order chi connectivity index (χ0) is 22.2. The minimum atomic E-state index is -4.11. The van der Waals surface area contributed by atoms with E-state index in [0.717, 1.165) is 51.8 Å². The molecule has 0 saturated carbocycles. The summed E-state index contributed by atoms with van der Waals surface area (Å²) in [6, 6.07) is 14.1. The van der Waals surface area contributed by atoms with Gasteiger partial charge in [-0.25, -0.2) is 17.2 Å². The van der Waals surface area contributed by atoms with Crippen molar-refractivity contribution >= 4 is 33.2 Å². The highest BCUT2D eigenvalue weighted by atomic mass is 35.5. The van der Waals surface area contributed by atoms with Gasteiger partial charge in [0.05, 0.1) is 15.6 Å². The lowest BCUT2D eigenvalue weighted by atomic mass is 9.95. The predicted octanol–water partition coefficient (Wildman–Crippen LogP) is 4.37. The van der Waals surface area contributed by atoms with Crippen LogP contribution in [0.1, 0.15) is 11.1 Å². The lowest BCUT2D eigenvalue weighted by Crippen LogP contribution is -2.50. The van der Waals surface area contributed by atoms with Crippen LogP contribution < -0.4 is 5.32 Å². The highest BCUT2D eigenvalue weighted by Crippen LogP contribution is 2.31. The molecule has 0 fully saturated rings. The number of hydrogen-bond acceptors (Lipinski definition) is 3. The smallest absolute Gasteiger partial charge is 0.244 e. The van der Waals surface area contributed by atoms with Gasteiger partial charge >= 0.3 is 0 Å². The number of carbonyl (C=O) groups is 1. The van der Waals surface area contributed by atoms with E-state index in [2.05, 4.69) is 5.32 Å². The van der Waals surface area contributed by atoms with Gasteiger partial charge in [0, 0.05) is 6.54 Å². The number of hydrogen-bond donors (Lipinski definition) is 1. The van der Waals surface area contributed by atoms with Gasteiger partial charge in [-0.2, -0.15) is 4.31 Å². The summed E-state index contributed by atoms with van der Waals surface area (Å²) in [5.41, 5.74) is 1.79. The highest BCUT2D eigenvalue weighted by Gasteiger charge is 2.39. The van der Waals surface area contributed by atoms with Crippen LogP contribution >= 0.6 is 11.6 Å². The first kappa shape index (κ1) is 21.4. The molecule has 1 atom stereocenters. The van der Waals surface area contributed by atoms with Gasteiger partial charge in [0.2, 0.25) is 15.9 Å². The highest BCUT2D eigenvalue weighted by molar-refractivity contribution is 7.89. The first-order chi connectivity index (χ1) is 14.8. The summed E-state index contributed by atoms with van der Waals surface area (Å²) in [4.78, 5) is 13.0. The fourth-order valence-electron chi connectivity index (χ4n) is 3.52. The van der Waals surface area contributed by atoms with E-state index in [0.29, 0.717) is 0 Å². The minimum Gasteiger partial charge on any atom is -0.323 e. The summed E-state index contributed by atoms with van der Waals surface area (Å²) in [5.74, 6) is -1.73. The largest absolute Gasteiger partial charge is 0.323 e. The standard InChI is InChI=1S/C22H17ClF2N2O3S/c23-19-12-17(25)7-10-20(19)26-22(28)21-11-14-3-1-2-4-15(14)13-27(21)31(29,30)18-8-5-16(24)6-9-18/h1-10,12,21H,11,13H2,(H,26,28)/t21-/m1/s1. The molecule has 0 bridgehead atoms. The number of amides is 1. The summed E-state index contributed by atoms with van der Waals surface area (Å²) in [6.45, 7) is -0.0227. The molecule has 5 nitrogen and oxygen atoms in total. The Morgan fingerprint density at radius 3 is 2.29 bits per heavy atom. The average molecular weight is 463 g/mol. The van der Waals surface area contributed by atoms with Gasteiger partial charge in [0.15, 0.2) is 0 Å². The van der Waals surface area contributed by atoms with E-state index in [-0.39, 0.29) is 28.6 Å². The third-order valence-electron chi connectivity index (χ3n) is 5.12. The second-order valence-corrected chi connectivity index (χ2v) is 9.40. The van der Waals surface area contributed by atoms with Crippen molar-refractivity contribution in [2.45, 2.75) is 23.9 Å². The normalized spacial score (nSPS) is 16.5. The molecule has 0 radical (unpaired) electrons. The van der Waals surface area contributed by atoms with E-state index in [1.807, 2.05) is 12.1 Å². The van der Waals surface area contributed by atoms with Gasteiger partial charge in [-0.3, -0.25) is 4.79 Å². The molecule has 1 heterocycles. The fraction of sp³-hybridized carbons (Fsp3) is 0.136. The van der Waals surface area contributed by atoms with Crippen molar-refractivity contribution in [2.75, 3.05) is 5.32 Å². The van der Waals surface area contributed by atoms with E-state index < -0.39 is 33.6 Å². The number of carbonyl (C=O) groups excluding carboxylic acids is 1. The molecule has 9 heteroatoms. The molecular formula is C22H17ClF2N2O3S. The van der Waals surface area contributed by atoms with Gasteiger partial charge in [0.1, 0.15) is 17.7 Å². The Hall–Kier alpha value is -2.81. The average Bonchev–Trinajstić information content (AvgIpc) is 2.75. The number of halogens is 3. The molecule has 0 unspecified atom stereocenters. The Morgan fingerprint density at radius 1 is 0.968 bits per heavy atom. The van der Waals surface area contributed by atoms with Gasteiger partial charge < -0.3 is 5.32 Å². The van der Waals surface area contributed by atoms with E-state index in [4.69, 9.17) is 11.6 Å². The van der Waals surface area contributed by atoms with Crippen molar-refractivity contribution in [1.29, 1.82) is 0 Å². The molecule has 1 aliphatic rings. The molecule has 0 spiro atoms. The molecule has 1 amide bonds. The Bertz CT molecular complexity index is 1250. The number of anilines is 1. The molecule has 3 aromatic carbocycles. The molecule has 3 aromatic rings. The maximum Gasteiger partial charge on any atom is 0.244 e. The minimum absolute atomic E-state index is 0.00231. The SMILES string of the molecule is O=C(Nc1ccc(F)cc1Cl)[C@H]1Cc2ccccc2CN1S(=O)(=O)c1ccc(F)cc1. The number of fused-ring (bicyclic) bond motifs is 1. The van der Waals surface area contributed by atoms with Crippen molar-refractivity contribution in [3.8, 4) is 0 Å². The van der Waals surface area contributed by atoms with Crippen LogP contribution in [0.2, 0.25) is 5.02 Å². The molecule has 0 saturated heterocycles. The van der Waals surface area contributed by atoms with Gasteiger partial charge in [-0.05, 0) is 60.0 Å². The summed E-state index contributed by atoms with van der Waals surface area (Å²) in [6.07, 6.45) is 0.140. The van der Waals surface area contributed by atoms with E-state index in [9.17, 15) is 22.0 Å². The van der Waals surface area contributed by atoms with Crippen LogP contribution in [0.5, 0.6) is 0 Å². The van der Waals surface area contributed by atoms with E-state index in [1.165, 1.54) is 6.07 Å².